The van der Waals surface area contributed by atoms with Gasteiger partial charge in [0.2, 0.25) is 0 Å². The minimum atomic E-state index is 0.106. The maximum absolute atomic E-state index is 5.83. The van der Waals surface area contributed by atoms with Crippen LogP contribution in [0.1, 0.15) is 33.6 Å². The van der Waals surface area contributed by atoms with E-state index in [1.807, 2.05) is 38.1 Å². The highest BCUT2D eigenvalue weighted by molar-refractivity contribution is 5.97. The largest absolute Gasteiger partial charge is 0.497 e. The molecule has 0 fully saturated rings. The Balaban J connectivity index is 1.89. The molecule has 1 heterocycles. The van der Waals surface area contributed by atoms with Crippen molar-refractivity contribution in [3.05, 3.63) is 30.5 Å². The lowest BCUT2D eigenvalue weighted by Gasteiger charge is -2.17. The van der Waals surface area contributed by atoms with Gasteiger partial charge in [0.05, 0.1) is 18.3 Å². The molecule has 1 unspecified atom stereocenters. The van der Waals surface area contributed by atoms with E-state index < -0.39 is 0 Å². The van der Waals surface area contributed by atoms with Crippen molar-refractivity contribution in [3.63, 3.8) is 0 Å². The summed E-state index contributed by atoms with van der Waals surface area (Å²) >= 11 is 0. The lowest BCUT2D eigenvalue weighted by atomic mass is 10.1. The number of methoxy groups -OCH3 is 1. The van der Waals surface area contributed by atoms with Gasteiger partial charge in [-0.15, -0.1) is 0 Å². The number of guanidine groups is 2. The smallest absolute Gasteiger partial charge is 0.195 e. The van der Waals surface area contributed by atoms with Gasteiger partial charge < -0.3 is 21.5 Å². The molecule has 152 valence electrons. The van der Waals surface area contributed by atoms with Gasteiger partial charge in [0.1, 0.15) is 5.75 Å². The monoisotopic (exact) mass is 385 g/mol. The lowest BCUT2D eigenvalue weighted by Crippen LogP contribution is -2.42. The number of ether oxygens (including phenoxy) is 1. The number of hydrogen-bond acceptors (Lipinski definition) is 5. The average molecular weight is 386 g/mol. The molecule has 0 spiro atoms. The first kappa shape index (κ1) is 21.3. The Labute approximate surface area is 166 Å². The molecule has 8 heteroatoms. The van der Waals surface area contributed by atoms with E-state index in [0.717, 1.165) is 35.2 Å². The maximum Gasteiger partial charge on any atom is 0.195 e. The Morgan fingerprint density at radius 2 is 2.00 bits per heavy atom. The van der Waals surface area contributed by atoms with Crippen molar-refractivity contribution in [1.29, 1.82) is 0 Å². The number of pyridine rings is 1. The summed E-state index contributed by atoms with van der Waals surface area (Å²) in [7, 11) is 1.67. The third-order valence-electron chi connectivity index (χ3n) is 4.05. The van der Waals surface area contributed by atoms with E-state index in [1.54, 1.807) is 13.3 Å². The molecule has 0 aliphatic heterocycles. The molecule has 1 atom stereocenters. The maximum atomic E-state index is 5.83. The fraction of sp³-hybridized carbons (Fsp3) is 0.450. The van der Waals surface area contributed by atoms with Crippen molar-refractivity contribution in [2.24, 2.45) is 21.5 Å². The lowest BCUT2D eigenvalue weighted by molar-refractivity contribution is 0.415. The standard InChI is InChI=1S/C20H31N7O/c1-13(2)25-20(22)27-19(21)24-10-5-7-14(3)26-17-12-16(28-4)11-15-8-6-9-23-18(15)17/h6,8-9,11-14,26H,5,7,10H2,1-4H3,(H5,21,22,24,25,27). The molecule has 8 nitrogen and oxygen atoms in total. The van der Waals surface area contributed by atoms with Crippen LogP contribution in [0.25, 0.3) is 10.9 Å². The first-order chi connectivity index (χ1) is 13.4. The molecule has 2 aromatic rings. The number of aliphatic imine (C=N–C) groups is 2. The third kappa shape index (κ3) is 6.61. The van der Waals surface area contributed by atoms with Gasteiger partial charge in [-0.2, -0.15) is 0 Å². The summed E-state index contributed by atoms with van der Waals surface area (Å²) in [4.78, 5) is 12.9. The molecule has 2 rings (SSSR count). The topological polar surface area (TPSA) is 123 Å². The van der Waals surface area contributed by atoms with Gasteiger partial charge in [0.15, 0.2) is 11.9 Å². The fourth-order valence-corrected chi connectivity index (χ4v) is 2.81. The average Bonchev–Trinajstić information content (AvgIpc) is 2.64. The zero-order chi connectivity index (χ0) is 20.5. The van der Waals surface area contributed by atoms with Crippen molar-refractivity contribution in [2.45, 2.75) is 45.7 Å². The molecule has 1 aromatic heterocycles. The number of benzene rings is 1. The van der Waals surface area contributed by atoms with Gasteiger partial charge in [0, 0.05) is 36.3 Å². The number of anilines is 1. The van der Waals surface area contributed by atoms with Crippen LogP contribution in [-0.4, -0.2) is 42.6 Å². The van der Waals surface area contributed by atoms with E-state index >= 15 is 0 Å². The van der Waals surface area contributed by atoms with E-state index in [0.29, 0.717) is 6.54 Å². The normalized spacial score (nSPS) is 13.6. The van der Waals surface area contributed by atoms with Gasteiger partial charge in [-0.25, -0.2) is 0 Å². The van der Waals surface area contributed by atoms with E-state index in [2.05, 4.69) is 32.5 Å². The van der Waals surface area contributed by atoms with Crippen LogP contribution in [0.4, 0.5) is 5.69 Å². The number of aromatic nitrogens is 1. The minimum Gasteiger partial charge on any atom is -0.497 e. The van der Waals surface area contributed by atoms with Crippen LogP contribution >= 0.6 is 0 Å². The first-order valence-electron chi connectivity index (χ1n) is 9.48. The molecular weight excluding hydrogens is 354 g/mol. The summed E-state index contributed by atoms with van der Waals surface area (Å²) < 4.78 is 5.40. The van der Waals surface area contributed by atoms with Gasteiger partial charge in [-0.1, -0.05) is 6.07 Å². The van der Waals surface area contributed by atoms with Crippen LogP contribution in [0.15, 0.2) is 40.4 Å². The van der Waals surface area contributed by atoms with Crippen LogP contribution in [0, 0.1) is 0 Å². The molecule has 1 aromatic carbocycles. The summed E-state index contributed by atoms with van der Waals surface area (Å²) in [5.41, 5.74) is 13.5. The second kappa shape index (κ2) is 10.3. The Morgan fingerprint density at radius 1 is 1.21 bits per heavy atom. The van der Waals surface area contributed by atoms with Crippen molar-refractivity contribution in [1.82, 2.24) is 10.3 Å². The molecule has 0 bridgehead atoms. The van der Waals surface area contributed by atoms with Gasteiger partial charge in [-0.05, 0) is 45.7 Å². The summed E-state index contributed by atoms with van der Waals surface area (Å²) in [6.45, 7) is 6.62. The summed E-state index contributed by atoms with van der Waals surface area (Å²) in [5, 5.41) is 7.36. The van der Waals surface area contributed by atoms with Crippen LogP contribution in [0.5, 0.6) is 5.75 Å². The highest BCUT2D eigenvalue weighted by Gasteiger charge is 2.09. The number of nitrogens with zero attached hydrogens (tertiary/aromatic N) is 3. The Hall–Kier alpha value is -3.03. The Morgan fingerprint density at radius 3 is 2.71 bits per heavy atom. The number of fused-ring (bicyclic) bond motifs is 1. The Kier molecular flexibility index (Phi) is 7.86. The third-order valence-corrected chi connectivity index (χ3v) is 4.05. The van der Waals surface area contributed by atoms with Crippen LogP contribution in [0.2, 0.25) is 0 Å². The van der Waals surface area contributed by atoms with Crippen LogP contribution in [0.3, 0.4) is 0 Å². The molecule has 0 aliphatic carbocycles. The molecule has 0 saturated heterocycles. The van der Waals surface area contributed by atoms with Crippen molar-refractivity contribution >= 4 is 28.5 Å². The van der Waals surface area contributed by atoms with Gasteiger partial charge in [-0.3, -0.25) is 20.3 Å². The van der Waals surface area contributed by atoms with Gasteiger partial charge >= 0.3 is 0 Å². The van der Waals surface area contributed by atoms with E-state index in [-0.39, 0.29) is 24.0 Å². The predicted octanol–water partition coefficient (Wildman–Crippen LogP) is 2.45. The summed E-state index contributed by atoms with van der Waals surface area (Å²) in [6.07, 6.45) is 3.61. The van der Waals surface area contributed by atoms with Crippen LogP contribution < -0.4 is 26.8 Å². The molecule has 0 aliphatic rings. The zero-order valence-electron chi connectivity index (χ0n) is 17.1. The quantitative estimate of drug-likeness (QED) is 0.314. The molecule has 28 heavy (non-hydrogen) atoms. The molecule has 6 N–H and O–H groups in total. The Bertz CT molecular complexity index is 832. The highest BCUT2D eigenvalue weighted by Crippen LogP contribution is 2.28. The number of nitrogens with one attached hydrogen (secondary N) is 2. The number of nitrogens with two attached hydrogens (primary N) is 2. The SMILES string of the molecule is COc1cc(NC(C)CCCN=C(N)NC(N)=NC(C)C)c2ncccc2c1. The minimum absolute atomic E-state index is 0.106. The van der Waals surface area contributed by atoms with Crippen molar-refractivity contribution in [3.8, 4) is 5.75 Å². The summed E-state index contributed by atoms with van der Waals surface area (Å²) in [6, 6.07) is 8.26. The van der Waals surface area contributed by atoms with E-state index in [9.17, 15) is 0 Å². The second-order valence-corrected chi connectivity index (χ2v) is 6.94. The van der Waals surface area contributed by atoms with Crippen molar-refractivity contribution < 1.29 is 4.74 Å². The van der Waals surface area contributed by atoms with Crippen LogP contribution in [-0.2, 0) is 0 Å². The number of hydrogen-bond donors (Lipinski definition) is 4. The highest BCUT2D eigenvalue weighted by atomic mass is 16.5. The second-order valence-electron chi connectivity index (χ2n) is 6.94. The summed E-state index contributed by atoms with van der Waals surface area (Å²) in [5.74, 6) is 1.37. The fourth-order valence-electron chi connectivity index (χ4n) is 2.81. The zero-order valence-corrected chi connectivity index (χ0v) is 17.1. The molecule has 0 saturated carbocycles. The predicted molar refractivity (Wildman–Crippen MR) is 117 cm³/mol. The molecule has 0 radical (unpaired) electrons. The first-order valence-corrected chi connectivity index (χ1v) is 9.48. The molecule has 0 amide bonds. The van der Waals surface area contributed by atoms with Gasteiger partial charge in [0.25, 0.3) is 0 Å². The van der Waals surface area contributed by atoms with E-state index in [1.165, 1.54) is 0 Å². The molecular formula is C20H31N7O. The van der Waals surface area contributed by atoms with Crippen molar-refractivity contribution in [2.75, 3.05) is 19.0 Å². The van der Waals surface area contributed by atoms with E-state index in [4.69, 9.17) is 16.2 Å². The number of rotatable bonds is 8.